The van der Waals surface area contributed by atoms with Gasteiger partial charge in [0.15, 0.2) is 0 Å². The van der Waals surface area contributed by atoms with Crippen LogP contribution in [0.3, 0.4) is 0 Å². The summed E-state index contributed by atoms with van der Waals surface area (Å²) in [6.07, 6.45) is 8.31. The molecule has 9 nitrogen and oxygen atoms in total. The predicted molar refractivity (Wildman–Crippen MR) is 90.3 cm³/mol. The van der Waals surface area contributed by atoms with Gasteiger partial charge in [-0.1, -0.05) is 0 Å². The van der Waals surface area contributed by atoms with Gasteiger partial charge < -0.3 is 15.6 Å². The van der Waals surface area contributed by atoms with Gasteiger partial charge in [0.25, 0.3) is 0 Å². The molecule has 2 aromatic heterocycles. The van der Waals surface area contributed by atoms with Gasteiger partial charge in [-0.05, 0) is 25.7 Å². The Balaban J connectivity index is 1.80. The molecule has 0 unspecified atom stereocenters. The third-order valence-corrected chi connectivity index (χ3v) is 4.31. The number of rotatable bonds is 4. The number of hydrogen-bond acceptors (Lipinski definition) is 7. The average molecular weight is 344 g/mol. The van der Waals surface area contributed by atoms with Crippen molar-refractivity contribution in [2.24, 2.45) is 5.73 Å². The van der Waals surface area contributed by atoms with Crippen molar-refractivity contribution in [1.29, 1.82) is 0 Å². The molecule has 0 atom stereocenters. The van der Waals surface area contributed by atoms with Crippen LogP contribution in [0.4, 0.5) is 10.7 Å². The minimum atomic E-state index is -1.05. The molecule has 2 aromatic rings. The van der Waals surface area contributed by atoms with Crippen LogP contribution in [0.15, 0.2) is 24.8 Å². The second-order valence-electron chi connectivity index (χ2n) is 5.95. The molecular formula is C16H20N6O3. The van der Waals surface area contributed by atoms with Crippen molar-refractivity contribution >= 4 is 12.0 Å². The summed E-state index contributed by atoms with van der Waals surface area (Å²) in [6, 6.07) is 0.270. The van der Waals surface area contributed by atoms with Crippen LogP contribution >= 0.6 is 0 Å². The first-order valence-corrected chi connectivity index (χ1v) is 8.04. The molecule has 9 heteroatoms. The average Bonchev–Trinajstić information content (AvgIpc) is 2.64. The van der Waals surface area contributed by atoms with Crippen molar-refractivity contribution in [1.82, 2.24) is 19.9 Å². The Morgan fingerprint density at radius 2 is 1.60 bits per heavy atom. The summed E-state index contributed by atoms with van der Waals surface area (Å²) in [5.74, 6) is 0.172. The van der Waals surface area contributed by atoms with E-state index in [1.54, 1.807) is 24.8 Å². The van der Waals surface area contributed by atoms with Gasteiger partial charge in [-0.15, -0.1) is 0 Å². The highest BCUT2D eigenvalue weighted by molar-refractivity contribution is 5.84. The molecule has 2 heterocycles. The minimum absolute atomic E-state index is 0.144. The number of nitrogens with zero attached hydrogens (tertiary/aromatic N) is 5. The van der Waals surface area contributed by atoms with E-state index in [2.05, 4.69) is 19.9 Å². The Kier molecular flexibility index (Phi) is 5.03. The maximum Gasteiger partial charge on any atom is 0.414 e. The van der Waals surface area contributed by atoms with Crippen LogP contribution in [0.1, 0.15) is 25.7 Å². The zero-order valence-corrected chi connectivity index (χ0v) is 13.9. The first kappa shape index (κ1) is 17.0. The van der Waals surface area contributed by atoms with Crippen molar-refractivity contribution < 1.29 is 14.6 Å². The Bertz CT molecular complexity index is 714. The lowest BCUT2D eigenvalue weighted by molar-refractivity contribution is 0.195. The summed E-state index contributed by atoms with van der Waals surface area (Å²) < 4.78 is 4.92. The molecule has 0 bridgehead atoms. The molecule has 0 aromatic carbocycles. The summed E-state index contributed by atoms with van der Waals surface area (Å²) in [5, 5.41) is 9.57. The largest absolute Gasteiger partial charge is 0.467 e. The molecule has 0 radical (unpaired) electrons. The summed E-state index contributed by atoms with van der Waals surface area (Å²) in [5.41, 5.74) is 7.32. The van der Waals surface area contributed by atoms with E-state index >= 15 is 0 Å². The number of carbonyl (C=O) groups is 1. The van der Waals surface area contributed by atoms with E-state index in [0.29, 0.717) is 18.4 Å². The lowest BCUT2D eigenvalue weighted by Gasteiger charge is -2.32. The van der Waals surface area contributed by atoms with Gasteiger partial charge in [-0.2, -0.15) is 0 Å². The van der Waals surface area contributed by atoms with Gasteiger partial charge in [-0.25, -0.2) is 29.6 Å². The van der Waals surface area contributed by atoms with Crippen LogP contribution in [0.25, 0.3) is 11.1 Å². The fraction of sp³-hybridized carbons (Fsp3) is 0.438. The van der Waals surface area contributed by atoms with Gasteiger partial charge in [0, 0.05) is 48.0 Å². The lowest BCUT2D eigenvalue weighted by Crippen LogP contribution is -2.44. The Morgan fingerprint density at radius 3 is 2.08 bits per heavy atom. The van der Waals surface area contributed by atoms with E-state index in [4.69, 9.17) is 10.5 Å². The standard InChI is InChI=1S/C16H20N6O3/c1-25-15-20-8-11(9-21-15)10-6-18-14(19-7-10)22(16(23)24)13-4-2-12(17)3-5-13/h6-9,12-13H,2-5,17H2,1H3,(H,23,24). The SMILES string of the molecule is COc1ncc(-c2cnc(N(C(=O)O)C3CCC(N)CC3)nc2)cn1. The fourth-order valence-electron chi connectivity index (χ4n) is 2.93. The highest BCUT2D eigenvalue weighted by Crippen LogP contribution is 2.26. The van der Waals surface area contributed by atoms with Crippen molar-refractivity contribution in [2.75, 3.05) is 12.0 Å². The fourth-order valence-corrected chi connectivity index (χ4v) is 2.93. The van der Waals surface area contributed by atoms with Crippen molar-refractivity contribution in [3.05, 3.63) is 24.8 Å². The summed E-state index contributed by atoms with van der Waals surface area (Å²) in [4.78, 5) is 29.5. The van der Waals surface area contributed by atoms with Gasteiger partial charge in [0.1, 0.15) is 0 Å². The smallest absolute Gasteiger partial charge is 0.414 e. The van der Waals surface area contributed by atoms with Crippen LogP contribution in [0.5, 0.6) is 6.01 Å². The summed E-state index contributed by atoms with van der Waals surface area (Å²) >= 11 is 0. The number of aromatic nitrogens is 4. The molecular weight excluding hydrogens is 324 g/mol. The van der Waals surface area contributed by atoms with Gasteiger partial charge in [0.2, 0.25) is 5.95 Å². The topological polar surface area (TPSA) is 127 Å². The van der Waals surface area contributed by atoms with Crippen LogP contribution in [-0.4, -0.2) is 50.3 Å². The zero-order chi connectivity index (χ0) is 17.8. The number of methoxy groups -OCH3 is 1. The van der Waals surface area contributed by atoms with Crippen LogP contribution < -0.4 is 15.4 Å². The second kappa shape index (κ2) is 7.39. The first-order chi connectivity index (χ1) is 12.1. The third-order valence-electron chi connectivity index (χ3n) is 4.31. The predicted octanol–water partition coefficient (Wildman–Crippen LogP) is 1.70. The Labute approximate surface area is 144 Å². The maximum atomic E-state index is 11.7. The molecule has 1 aliphatic carbocycles. The number of hydrogen-bond donors (Lipinski definition) is 2. The van der Waals surface area contributed by atoms with Gasteiger partial charge in [-0.3, -0.25) is 0 Å². The number of nitrogens with two attached hydrogens (primary N) is 1. The van der Waals surface area contributed by atoms with E-state index in [1.165, 1.54) is 12.0 Å². The molecule has 132 valence electrons. The highest BCUT2D eigenvalue weighted by Gasteiger charge is 2.30. The minimum Gasteiger partial charge on any atom is -0.467 e. The summed E-state index contributed by atoms with van der Waals surface area (Å²) in [7, 11) is 1.49. The Hall–Kier alpha value is -2.81. The number of amides is 1. The normalized spacial score (nSPS) is 20.1. The molecule has 1 saturated carbocycles. The summed E-state index contributed by atoms with van der Waals surface area (Å²) in [6.45, 7) is 0. The maximum absolute atomic E-state index is 11.7. The third kappa shape index (κ3) is 3.82. The van der Waals surface area contributed by atoms with E-state index in [1.807, 2.05) is 0 Å². The molecule has 0 aliphatic heterocycles. The molecule has 25 heavy (non-hydrogen) atoms. The highest BCUT2D eigenvalue weighted by atomic mass is 16.5. The molecule has 1 amide bonds. The quantitative estimate of drug-likeness (QED) is 0.858. The van der Waals surface area contributed by atoms with Gasteiger partial charge in [0.05, 0.1) is 7.11 Å². The van der Waals surface area contributed by atoms with Gasteiger partial charge >= 0.3 is 12.1 Å². The lowest BCUT2D eigenvalue weighted by atomic mass is 9.91. The molecule has 1 fully saturated rings. The number of anilines is 1. The second-order valence-corrected chi connectivity index (χ2v) is 5.95. The molecule has 3 rings (SSSR count). The zero-order valence-electron chi connectivity index (χ0n) is 13.9. The molecule has 3 N–H and O–H groups in total. The monoisotopic (exact) mass is 344 g/mol. The van der Waals surface area contributed by atoms with Crippen molar-refractivity contribution in [2.45, 2.75) is 37.8 Å². The Morgan fingerprint density at radius 1 is 1.08 bits per heavy atom. The molecule has 1 aliphatic rings. The van der Waals surface area contributed by atoms with E-state index in [9.17, 15) is 9.90 Å². The van der Waals surface area contributed by atoms with Crippen LogP contribution in [-0.2, 0) is 0 Å². The van der Waals surface area contributed by atoms with E-state index in [0.717, 1.165) is 18.4 Å². The van der Waals surface area contributed by atoms with E-state index < -0.39 is 6.09 Å². The van der Waals surface area contributed by atoms with Crippen LogP contribution in [0.2, 0.25) is 0 Å². The van der Waals surface area contributed by atoms with Crippen LogP contribution in [0, 0.1) is 0 Å². The number of carboxylic acid groups (broad SMARTS) is 1. The molecule has 0 spiro atoms. The molecule has 0 saturated heterocycles. The number of ether oxygens (including phenoxy) is 1. The first-order valence-electron chi connectivity index (χ1n) is 8.04. The van der Waals surface area contributed by atoms with Crippen molar-refractivity contribution in [3.63, 3.8) is 0 Å². The van der Waals surface area contributed by atoms with Crippen molar-refractivity contribution in [3.8, 4) is 17.1 Å². The van der Waals surface area contributed by atoms with E-state index in [-0.39, 0.29) is 24.0 Å².